The summed E-state index contributed by atoms with van der Waals surface area (Å²) in [5, 5.41) is 3.65. The number of anilines is 1. The summed E-state index contributed by atoms with van der Waals surface area (Å²) < 4.78 is 10.5. The summed E-state index contributed by atoms with van der Waals surface area (Å²) in [6.45, 7) is 2.96. The lowest BCUT2D eigenvalue weighted by molar-refractivity contribution is 0.271. The average Bonchev–Trinajstić information content (AvgIpc) is 2.45. The number of nitrogens with one attached hydrogen (secondary N) is 1. The molecule has 0 spiro atoms. The van der Waals surface area contributed by atoms with Crippen LogP contribution in [-0.4, -0.2) is 28.6 Å². The fourth-order valence-corrected chi connectivity index (χ4v) is 1.72. The van der Waals surface area contributed by atoms with Crippen LogP contribution in [0, 0.1) is 0 Å². The van der Waals surface area contributed by atoms with Gasteiger partial charge in [-0.15, -0.1) is 4.98 Å². The first-order valence-corrected chi connectivity index (χ1v) is 6.50. The van der Waals surface area contributed by atoms with Crippen molar-refractivity contribution in [1.29, 1.82) is 0 Å². The van der Waals surface area contributed by atoms with Crippen LogP contribution in [0.3, 0.4) is 0 Å². The zero-order valence-electron chi connectivity index (χ0n) is 11.3. The second kappa shape index (κ2) is 6.91. The maximum absolute atomic E-state index is 5.91. The molecular formula is C13H15ClN4O2. The molecule has 0 aliphatic rings. The molecule has 2 aromatic rings. The molecule has 1 aromatic carbocycles. The molecule has 0 radical (unpaired) electrons. The van der Waals surface area contributed by atoms with E-state index < -0.39 is 0 Å². The van der Waals surface area contributed by atoms with Crippen molar-refractivity contribution in [3.8, 4) is 12.0 Å². The van der Waals surface area contributed by atoms with Crippen LogP contribution in [0.4, 0.5) is 5.95 Å². The van der Waals surface area contributed by atoms with Crippen LogP contribution in [0.2, 0.25) is 5.02 Å². The molecule has 6 nitrogen and oxygen atoms in total. The predicted octanol–water partition coefficient (Wildman–Crippen LogP) is 2.54. The summed E-state index contributed by atoms with van der Waals surface area (Å²) in [5.74, 6) is 0.417. The standard InChI is InChI=1S/C13H15ClN4O2/c1-3-15-11-16-12(19-2)18-13(17-11)20-8-9-5-4-6-10(14)7-9/h4-7H,3,8H2,1-2H3,(H,15,16,17,18). The van der Waals surface area contributed by atoms with Gasteiger partial charge < -0.3 is 14.8 Å². The van der Waals surface area contributed by atoms with Crippen molar-refractivity contribution in [3.05, 3.63) is 34.9 Å². The van der Waals surface area contributed by atoms with Gasteiger partial charge in [-0.1, -0.05) is 23.7 Å². The first kappa shape index (κ1) is 14.3. The van der Waals surface area contributed by atoms with Gasteiger partial charge in [0.05, 0.1) is 7.11 Å². The molecule has 7 heteroatoms. The van der Waals surface area contributed by atoms with Crippen LogP contribution in [0.1, 0.15) is 12.5 Å². The van der Waals surface area contributed by atoms with Gasteiger partial charge in [0.1, 0.15) is 6.61 Å². The quantitative estimate of drug-likeness (QED) is 0.883. The molecule has 106 valence electrons. The van der Waals surface area contributed by atoms with Gasteiger partial charge in [0.15, 0.2) is 0 Å². The Hall–Kier alpha value is -2.08. The van der Waals surface area contributed by atoms with Crippen LogP contribution < -0.4 is 14.8 Å². The second-order valence-corrected chi connectivity index (χ2v) is 4.31. The summed E-state index contributed by atoms with van der Waals surface area (Å²) in [6, 6.07) is 7.81. The molecule has 0 saturated heterocycles. The summed E-state index contributed by atoms with van der Waals surface area (Å²) >= 11 is 5.91. The Labute approximate surface area is 122 Å². The van der Waals surface area contributed by atoms with Crippen LogP contribution in [0.5, 0.6) is 12.0 Å². The monoisotopic (exact) mass is 294 g/mol. The molecule has 1 heterocycles. The van der Waals surface area contributed by atoms with E-state index in [0.29, 0.717) is 24.1 Å². The van der Waals surface area contributed by atoms with Crippen LogP contribution >= 0.6 is 11.6 Å². The van der Waals surface area contributed by atoms with Crippen molar-refractivity contribution < 1.29 is 9.47 Å². The van der Waals surface area contributed by atoms with E-state index in [1.165, 1.54) is 7.11 Å². The van der Waals surface area contributed by atoms with Gasteiger partial charge in [-0.2, -0.15) is 9.97 Å². The lowest BCUT2D eigenvalue weighted by Crippen LogP contribution is -2.07. The number of aromatic nitrogens is 3. The molecule has 0 fully saturated rings. The van der Waals surface area contributed by atoms with E-state index in [1.807, 2.05) is 25.1 Å². The molecule has 20 heavy (non-hydrogen) atoms. The molecule has 0 amide bonds. The van der Waals surface area contributed by atoms with Crippen molar-refractivity contribution in [3.63, 3.8) is 0 Å². The number of hydrogen-bond donors (Lipinski definition) is 1. The maximum Gasteiger partial charge on any atom is 0.324 e. The van der Waals surface area contributed by atoms with E-state index >= 15 is 0 Å². The Morgan fingerprint density at radius 1 is 1.20 bits per heavy atom. The SMILES string of the molecule is CCNc1nc(OC)nc(OCc2cccc(Cl)c2)n1. The molecule has 0 bridgehead atoms. The number of ether oxygens (including phenoxy) is 2. The van der Waals surface area contributed by atoms with Crippen LogP contribution in [-0.2, 0) is 6.61 Å². The zero-order chi connectivity index (χ0) is 14.4. The number of benzene rings is 1. The fourth-order valence-electron chi connectivity index (χ4n) is 1.51. The summed E-state index contributed by atoms with van der Waals surface area (Å²) in [4.78, 5) is 12.2. The van der Waals surface area contributed by atoms with E-state index in [1.54, 1.807) is 6.07 Å². The normalized spacial score (nSPS) is 10.2. The first-order valence-electron chi connectivity index (χ1n) is 6.12. The Bertz CT molecular complexity index is 580. The van der Waals surface area contributed by atoms with Gasteiger partial charge in [-0.3, -0.25) is 0 Å². The Morgan fingerprint density at radius 3 is 2.70 bits per heavy atom. The number of halogens is 1. The topological polar surface area (TPSA) is 69.2 Å². The van der Waals surface area contributed by atoms with Gasteiger partial charge in [0.2, 0.25) is 5.95 Å². The minimum atomic E-state index is 0.202. The van der Waals surface area contributed by atoms with Gasteiger partial charge in [-0.05, 0) is 24.6 Å². The molecular weight excluding hydrogens is 280 g/mol. The second-order valence-electron chi connectivity index (χ2n) is 3.88. The minimum Gasteiger partial charge on any atom is -0.467 e. The third-order valence-electron chi connectivity index (χ3n) is 2.37. The van der Waals surface area contributed by atoms with E-state index in [2.05, 4.69) is 20.3 Å². The van der Waals surface area contributed by atoms with Crippen LogP contribution in [0.25, 0.3) is 0 Å². The highest BCUT2D eigenvalue weighted by molar-refractivity contribution is 6.30. The molecule has 0 aliphatic carbocycles. The van der Waals surface area contributed by atoms with Crippen molar-refractivity contribution in [2.45, 2.75) is 13.5 Å². The lowest BCUT2D eigenvalue weighted by atomic mass is 10.2. The molecule has 1 N–H and O–H groups in total. The van der Waals surface area contributed by atoms with E-state index in [9.17, 15) is 0 Å². The molecule has 0 aliphatic heterocycles. The van der Waals surface area contributed by atoms with Gasteiger partial charge in [0.25, 0.3) is 0 Å². The van der Waals surface area contributed by atoms with E-state index in [4.69, 9.17) is 21.1 Å². The van der Waals surface area contributed by atoms with Gasteiger partial charge in [-0.25, -0.2) is 0 Å². The third-order valence-corrected chi connectivity index (χ3v) is 2.60. The Morgan fingerprint density at radius 2 is 2.00 bits per heavy atom. The maximum atomic E-state index is 5.91. The minimum absolute atomic E-state index is 0.202. The smallest absolute Gasteiger partial charge is 0.324 e. The molecule has 2 rings (SSSR count). The average molecular weight is 295 g/mol. The van der Waals surface area contributed by atoms with E-state index in [0.717, 1.165) is 5.56 Å². The molecule has 0 saturated carbocycles. The fraction of sp³-hybridized carbons (Fsp3) is 0.308. The molecule has 0 unspecified atom stereocenters. The summed E-state index contributed by atoms with van der Waals surface area (Å²) in [5.41, 5.74) is 0.932. The van der Waals surface area contributed by atoms with Crippen molar-refractivity contribution in [1.82, 2.24) is 15.0 Å². The van der Waals surface area contributed by atoms with Crippen molar-refractivity contribution in [2.24, 2.45) is 0 Å². The molecule has 1 aromatic heterocycles. The highest BCUT2D eigenvalue weighted by atomic mass is 35.5. The van der Waals surface area contributed by atoms with Gasteiger partial charge >= 0.3 is 12.0 Å². The first-order chi connectivity index (χ1) is 9.71. The third kappa shape index (κ3) is 3.96. The number of rotatable bonds is 6. The van der Waals surface area contributed by atoms with Crippen LogP contribution in [0.15, 0.2) is 24.3 Å². The lowest BCUT2D eigenvalue weighted by Gasteiger charge is -2.08. The Balaban J connectivity index is 2.10. The Kier molecular flexibility index (Phi) is 4.95. The highest BCUT2D eigenvalue weighted by Crippen LogP contribution is 2.15. The predicted molar refractivity (Wildman–Crippen MR) is 76.3 cm³/mol. The largest absolute Gasteiger partial charge is 0.467 e. The summed E-state index contributed by atoms with van der Waals surface area (Å²) in [7, 11) is 1.49. The number of nitrogens with zero attached hydrogens (tertiary/aromatic N) is 3. The highest BCUT2D eigenvalue weighted by Gasteiger charge is 2.07. The van der Waals surface area contributed by atoms with Crippen molar-refractivity contribution in [2.75, 3.05) is 19.0 Å². The summed E-state index contributed by atoms with van der Waals surface area (Å²) in [6.07, 6.45) is 0. The number of hydrogen-bond acceptors (Lipinski definition) is 6. The van der Waals surface area contributed by atoms with E-state index in [-0.39, 0.29) is 12.0 Å². The zero-order valence-corrected chi connectivity index (χ0v) is 12.0. The molecule has 0 atom stereocenters. The van der Waals surface area contributed by atoms with Gasteiger partial charge in [0, 0.05) is 11.6 Å². The van der Waals surface area contributed by atoms with Crippen molar-refractivity contribution >= 4 is 17.5 Å². The number of methoxy groups -OCH3 is 1.